The van der Waals surface area contributed by atoms with E-state index >= 15 is 0 Å². The number of esters is 1. The van der Waals surface area contributed by atoms with E-state index in [9.17, 15) is 9.59 Å². The predicted octanol–water partition coefficient (Wildman–Crippen LogP) is 0.521. The average Bonchev–Trinajstić information content (AvgIpc) is 2.64. The highest BCUT2D eigenvalue weighted by atomic mass is 16.5. The van der Waals surface area contributed by atoms with E-state index in [0.717, 1.165) is 11.4 Å². The summed E-state index contributed by atoms with van der Waals surface area (Å²) >= 11 is 0. The first-order chi connectivity index (χ1) is 8.43. The lowest BCUT2D eigenvalue weighted by Crippen LogP contribution is -2.32. The van der Waals surface area contributed by atoms with Gasteiger partial charge in [-0.15, -0.1) is 0 Å². The van der Waals surface area contributed by atoms with Gasteiger partial charge in [0, 0.05) is 19.3 Å². The Balaban J connectivity index is 2.49. The molecule has 1 aromatic rings. The third kappa shape index (κ3) is 3.87. The summed E-state index contributed by atoms with van der Waals surface area (Å²) in [5, 5.41) is 4.22. The number of carbonyl (C=O) groups excluding carboxylic acids is 2. The van der Waals surface area contributed by atoms with Crippen LogP contribution in [0.4, 0.5) is 0 Å². The predicted molar refractivity (Wildman–Crippen MR) is 66.0 cm³/mol. The number of aromatic nitrogens is 2. The number of hydrogen-bond donors (Lipinski definition) is 0. The minimum Gasteiger partial charge on any atom is -0.469 e. The molecule has 0 saturated heterocycles. The quantitative estimate of drug-likeness (QED) is 0.718. The molecule has 0 saturated carbocycles. The summed E-state index contributed by atoms with van der Waals surface area (Å²) in [6.07, 6.45) is 0.204. The van der Waals surface area contributed by atoms with E-state index in [1.54, 1.807) is 11.7 Å². The van der Waals surface area contributed by atoms with Crippen LogP contribution in [0.25, 0.3) is 0 Å². The van der Waals surface area contributed by atoms with Crippen LogP contribution < -0.4 is 0 Å². The first kappa shape index (κ1) is 14.2. The van der Waals surface area contributed by atoms with Crippen molar-refractivity contribution in [2.75, 3.05) is 20.7 Å². The summed E-state index contributed by atoms with van der Waals surface area (Å²) in [6, 6.07) is 1.92. The maximum absolute atomic E-state index is 11.9. The number of amides is 1. The van der Waals surface area contributed by atoms with Gasteiger partial charge in [0.15, 0.2) is 0 Å². The van der Waals surface area contributed by atoms with Gasteiger partial charge in [-0.2, -0.15) is 5.10 Å². The first-order valence-corrected chi connectivity index (χ1v) is 5.76. The summed E-state index contributed by atoms with van der Waals surface area (Å²) in [7, 11) is 3.00. The fourth-order valence-electron chi connectivity index (χ4n) is 1.57. The largest absolute Gasteiger partial charge is 0.469 e. The molecule has 0 atom stereocenters. The van der Waals surface area contributed by atoms with Crippen molar-refractivity contribution >= 4 is 11.9 Å². The summed E-state index contributed by atoms with van der Waals surface area (Å²) in [5.41, 5.74) is 1.83. The molecular weight excluding hydrogens is 234 g/mol. The zero-order valence-corrected chi connectivity index (χ0v) is 11.3. The Labute approximate surface area is 107 Å². The van der Waals surface area contributed by atoms with Crippen molar-refractivity contribution < 1.29 is 14.3 Å². The van der Waals surface area contributed by atoms with Crippen LogP contribution in [0.5, 0.6) is 0 Å². The SMILES string of the molecule is COC(=O)CCN(C)C(=O)Cn1nc(C)cc1C. The molecule has 0 aliphatic heterocycles. The van der Waals surface area contributed by atoms with Crippen LogP contribution in [0.15, 0.2) is 6.07 Å². The maximum Gasteiger partial charge on any atom is 0.307 e. The highest BCUT2D eigenvalue weighted by Gasteiger charge is 2.13. The number of likely N-dealkylation sites (N-methyl/N-ethyl adjacent to an activating group) is 1. The fourth-order valence-corrected chi connectivity index (χ4v) is 1.57. The molecule has 0 unspecified atom stereocenters. The van der Waals surface area contributed by atoms with Crippen LogP contribution in [0, 0.1) is 13.8 Å². The summed E-state index contributed by atoms with van der Waals surface area (Å²) < 4.78 is 6.19. The van der Waals surface area contributed by atoms with Crippen LogP contribution in [-0.4, -0.2) is 47.3 Å². The first-order valence-electron chi connectivity index (χ1n) is 5.76. The van der Waals surface area contributed by atoms with Crippen molar-refractivity contribution in [2.45, 2.75) is 26.8 Å². The van der Waals surface area contributed by atoms with Gasteiger partial charge in [0.2, 0.25) is 5.91 Å². The molecule has 6 nitrogen and oxygen atoms in total. The molecule has 0 spiro atoms. The van der Waals surface area contributed by atoms with E-state index in [1.165, 1.54) is 12.0 Å². The molecule has 100 valence electrons. The van der Waals surface area contributed by atoms with Crippen molar-refractivity contribution in [3.63, 3.8) is 0 Å². The Morgan fingerprint density at radius 3 is 2.61 bits per heavy atom. The zero-order valence-electron chi connectivity index (χ0n) is 11.3. The zero-order chi connectivity index (χ0) is 13.7. The van der Waals surface area contributed by atoms with Crippen LogP contribution in [0.3, 0.4) is 0 Å². The third-order valence-electron chi connectivity index (χ3n) is 2.69. The molecule has 1 amide bonds. The number of ether oxygens (including phenoxy) is 1. The number of carbonyl (C=O) groups is 2. The monoisotopic (exact) mass is 253 g/mol. The van der Waals surface area contributed by atoms with E-state index in [-0.39, 0.29) is 24.8 Å². The Hall–Kier alpha value is -1.85. The van der Waals surface area contributed by atoms with Crippen LogP contribution >= 0.6 is 0 Å². The van der Waals surface area contributed by atoms with E-state index in [2.05, 4.69) is 9.84 Å². The molecular formula is C12H19N3O3. The van der Waals surface area contributed by atoms with E-state index in [0.29, 0.717) is 6.54 Å². The van der Waals surface area contributed by atoms with Crippen molar-refractivity contribution in [3.05, 3.63) is 17.5 Å². The van der Waals surface area contributed by atoms with Gasteiger partial charge in [0.25, 0.3) is 0 Å². The molecule has 6 heteroatoms. The number of methoxy groups -OCH3 is 1. The van der Waals surface area contributed by atoms with Gasteiger partial charge >= 0.3 is 5.97 Å². The lowest BCUT2D eigenvalue weighted by atomic mass is 10.3. The van der Waals surface area contributed by atoms with E-state index < -0.39 is 0 Å². The van der Waals surface area contributed by atoms with Crippen LogP contribution in [0.2, 0.25) is 0 Å². The topological polar surface area (TPSA) is 64.4 Å². The lowest BCUT2D eigenvalue weighted by molar-refractivity contribution is -0.141. The number of nitrogens with zero attached hydrogens (tertiary/aromatic N) is 3. The molecule has 1 aromatic heterocycles. The molecule has 0 aromatic carbocycles. The third-order valence-corrected chi connectivity index (χ3v) is 2.69. The summed E-state index contributed by atoms with van der Waals surface area (Å²) in [6.45, 7) is 4.33. The molecule has 18 heavy (non-hydrogen) atoms. The Morgan fingerprint density at radius 2 is 2.11 bits per heavy atom. The number of rotatable bonds is 5. The maximum atomic E-state index is 11.9. The highest BCUT2D eigenvalue weighted by Crippen LogP contribution is 2.02. The fraction of sp³-hybridized carbons (Fsp3) is 0.583. The molecule has 1 rings (SSSR count). The second kappa shape index (κ2) is 6.18. The minimum absolute atomic E-state index is 0.0786. The van der Waals surface area contributed by atoms with Gasteiger partial charge in [0.1, 0.15) is 6.54 Å². The summed E-state index contributed by atoms with van der Waals surface area (Å²) in [4.78, 5) is 24.4. The molecule has 0 fully saturated rings. The van der Waals surface area contributed by atoms with Crippen molar-refractivity contribution in [2.24, 2.45) is 0 Å². The molecule has 0 N–H and O–H groups in total. The Bertz CT molecular complexity index is 440. The van der Waals surface area contributed by atoms with Gasteiger partial charge in [-0.1, -0.05) is 0 Å². The highest BCUT2D eigenvalue weighted by molar-refractivity contribution is 5.76. The normalized spacial score (nSPS) is 10.2. The minimum atomic E-state index is -0.319. The standard InChI is InChI=1S/C12H19N3O3/c1-9-7-10(2)15(13-9)8-11(16)14(3)6-5-12(17)18-4/h7H,5-6,8H2,1-4H3. The molecule has 1 heterocycles. The van der Waals surface area contributed by atoms with Crippen molar-refractivity contribution in [1.29, 1.82) is 0 Å². The van der Waals surface area contributed by atoms with Gasteiger partial charge in [-0.05, 0) is 19.9 Å². The Kier molecular flexibility index (Phi) is 4.88. The average molecular weight is 253 g/mol. The van der Waals surface area contributed by atoms with Gasteiger partial charge in [0.05, 0.1) is 19.2 Å². The number of hydrogen-bond acceptors (Lipinski definition) is 4. The second-order valence-corrected chi connectivity index (χ2v) is 4.23. The molecule has 0 radical (unpaired) electrons. The van der Waals surface area contributed by atoms with Crippen molar-refractivity contribution in [1.82, 2.24) is 14.7 Å². The molecule has 0 aliphatic rings. The lowest BCUT2D eigenvalue weighted by Gasteiger charge is -2.16. The molecule has 0 aliphatic carbocycles. The summed E-state index contributed by atoms with van der Waals surface area (Å²) in [5.74, 6) is -0.397. The van der Waals surface area contributed by atoms with Gasteiger partial charge < -0.3 is 9.64 Å². The van der Waals surface area contributed by atoms with Crippen LogP contribution in [0.1, 0.15) is 17.8 Å². The van der Waals surface area contributed by atoms with E-state index in [1.807, 2.05) is 19.9 Å². The second-order valence-electron chi connectivity index (χ2n) is 4.23. The molecule has 0 bridgehead atoms. The smallest absolute Gasteiger partial charge is 0.307 e. The van der Waals surface area contributed by atoms with E-state index in [4.69, 9.17) is 0 Å². The van der Waals surface area contributed by atoms with Gasteiger partial charge in [-0.25, -0.2) is 0 Å². The van der Waals surface area contributed by atoms with Crippen LogP contribution in [-0.2, 0) is 20.9 Å². The van der Waals surface area contributed by atoms with Crippen molar-refractivity contribution in [3.8, 4) is 0 Å². The number of aryl methyl sites for hydroxylation is 2. The van der Waals surface area contributed by atoms with Gasteiger partial charge in [-0.3, -0.25) is 14.3 Å². The Morgan fingerprint density at radius 1 is 1.44 bits per heavy atom.